The fourth-order valence-electron chi connectivity index (χ4n) is 2.16. The minimum absolute atomic E-state index is 0.00224. The van der Waals surface area contributed by atoms with E-state index in [2.05, 4.69) is 16.4 Å². The zero-order valence-electron chi connectivity index (χ0n) is 14.1. The van der Waals surface area contributed by atoms with Crippen LogP contribution in [-0.2, 0) is 14.8 Å². The van der Waals surface area contributed by atoms with E-state index in [0.29, 0.717) is 5.69 Å². The van der Waals surface area contributed by atoms with E-state index in [1.807, 2.05) is 26.0 Å². The molecule has 1 amide bonds. The van der Waals surface area contributed by atoms with Crippen LogP contribution < -0.4 is 10.5 Å². The summed E-state index contributed by atoms with van der Waals surface area (Å²) >= 11 is 1.42. The van der Waals surface area contributed by atoms with Crippen LogP contribution in [0.2, 0.25) is 0 Å². The van der Waals surface area contributed by atoms with E-state index in [9.17, 15) is 13.2 Å². The molecule has 9 heteroatoms. The third kappa shape index (κ3) is 6.20. The van der Waals surface area contributed by atoms with Crippen LogP contribution in [0.25, 0.3) is 10.6 Å². The first-order chi connectivity index (χ1) is 11.8. The fourth-order valence-corrected chi connectivity index (χ4v) is 3.40. The van der Waals surface area contributed by atoms with Crippen molar-refractivity contribution in [3.8, 4) is 10.6 Å². The minimum atomic E-state index is -3.52. The monoisotopic (exact) mass is 383 g/mol. The van der Waals surface area contributed by atoms with Crippen molar-refractivity contribution in [3.05, 3.63) is 40.4 Å². The van der Waals surface area contributed by atoms with Gasteiger partial charge in [0, 0.05) is 17.5 Å². The van der Waals surface area contributed by atoms with E-state index in [1.165, 1.54) is 16.9 Å². The second kappa shape index (κ2) is 8.52. The van der Waals surface area contributed by atoms with Gasteiger partial charge in [0.1, 0.15) is 10.7 Å². The Morgan fingerprint density at radius 2 is 2.08 bits per heavy atom. The number of nitrogens with one attached hydrogen (secondary N) is 1. The molecule has 25 heavy (non-hydrogen) atoms. The highest BCUT2D eigenvalue weighted by Gasteiger charge is 2.13. The number of carbonyl (C=O) groups excluding carboxylic acids is 1. The van der Waals surface area contributed by atoms with Crippen LogP contribution in [0.5, 0.6) is 0 Å². The molecule has 1 aromatic carbocycles. The number of aryl methyl sites for hydroxylation is 2. The molecule has 1 aromatic heterocycles. The Morgan fingerprint density at radius 1 is 1.32 bits per heavy atom. The predicted molar refractivity (Wildman–Crippen MR) is 98.2 cm³/mol. The molecule has 7 nitrogen and oxygen atoms in total. The second-order valence-electron chi connectivity index (χ2n) is 5.59. The second-order valence-corrected chi connectivity index (χ2v) is 8.18. The summed E-state index contributed by atoms with van der Waals surface area (Å²) in [6, 6.07) is 6.10. The first-order valence-corrected chi connectivity index (χ1v) is 10.3. The summed E-state index contributed by atoms with van der Waals surface area (Å²) in [6.45, 7) is 4.52. The molecule has 0 aliphatic heterocycles. The summed E-state index contributed by atoms with van der Waals surface area (Å²) in [7, 11) is -3.52. The number of thiazole rings is 1. The molecule has 1 heterocycles. The number of benzene rings is 1. The summed E-state index contributed by atoms with van der Waals surface area (Å²) in [5, 5.41) is 10.1. The number of carbonyl (C=O) groups is 1. The number of primary sulfonamides is 1. The van der Waals surface area contributed by atoms with E-state index >= 15 is 0 Å². The van der Waals surface area contributed by atoms with Gasteiger partial charge in [0.2, 0.25) is 10.0 Å². The molecule has 0 saturated carbocycles. The highest BCUT2D eigenvalue weighted by Crippen LogP contribution is 2.27. The first-order valence-electron chi connectivity index (χ1n) is 7.66. The van der Waals surface area contributed by atoms with Gasteiger partial charge in [-0.1, -0.05) is 23.8 Å². The van der Waals surface area contributed by atoms with Crippen molar-refractivity contribution in [1.82, 2.24) is 10.3 Å². The Bertz CT molecular complexity index is 847. The minimum Gasteiger partial charge on any atom is -0.379 e. The standard InChI is InChI=1S/C16H21N3O4S2/c1-11-3-4-13(12(2)9-11)16-19-14(10-24-16)15(20)18-5-6-23-7-8-25(17,21)22/h3-4,9-10H,5-8H2,1-2H3,(H,18,20)(H2,17,21,22). The summed E-state index contributed by atoms with van der Waals surface area (Å²) in [6.07, 6.45) is 0. The Kier molecular flexibility index (Phi) is 6.65. The number of ether oxygens (including phenoxy) is 1. The molecule has 0 atom stereocenters. The van der Waals surface area contributed by atoms with Crippen LogP contribution in [0, 0.1) is 13.8 Å². The lowest BCUT2D eigenvalue weighted by Crippen LogP contribution is -2.28. The number of amides is 1. The van der Waals surface area contributed by atoms with Crippen LogP contribution in [0.1, 0.15) is 21.6 Å². The Hall–Kier alpha value is -1.81. The van der Waals surface area contributed by atoms with E-state index in [0.717, 1.165) is 16.1 Å². The lowest BCUT2D eigenvalue weighted by molar-refractivity contribution is 0.0919. The Labute approximate surface area is 151 Å². The molecule has 0 aliphatic carbocycles. The topological polar surface area (TPSA) is 111 Å². The van der Waals surface area contributed by atoms with Gasteiger partial charge in [-0.15, -0.1) is 11.3 Å². The molecule has 0 fully saturated rings. The van der Waals surface area contributed by atoms with Crippen LogP contribution in [0.4, 0.5) is 0 Å². The van der Waals surface area contributed by atoms with Gasteiger partial charge in [-0.3, -0.25) is 4.79 Å². The third-order valence-corrected chi connectivity index (χ3v) is 5.00. The average molecular weight is 383 g/mol. The van der Waals surface area contributed by atoms with Crippen molar-refractivity contribution in [2.45, 2.75) is 13.8 Å². The molecule has 0 unspecified atom stereocenters. The number of nitrogens with zero attached hydrogens (tertiary/aromatic N) is 1. The van der Waals surface area contributed by atoms with Gasteiger partial charge in [0.15, 0.2) is 0 Å². The van der Waals surface area contributed by atoms with Gasteiger partial charge in [0.25, 0.3) is 5.91 Å². The largest absolute Gasteiger partial charge is 0.379 e. The highest BCUT2D eigenvalue weighted by atomic mass is 32.2. The van der Waals surface area contributed by atoms with Crippen molar-refractivity contribution in [3.63, 3.8) is 0 Å². The normalized spacial score (nSPS) is 11.5. The highest BCUT2D eigenvalue weighted by molar-refractivity contribution is 7.89. The molecule has 0 aliphatic rings. The van der Waals surface area contributed by atoms with Gasteiger partial charge in [-0.25, -0.2) is 18.5 Å². The summed E-state index contributed by atoms with van der Waals surface area (Å²) in [4.78, 5) is 16.5. The summed E-state index contributed by atoms with van der Waals surface area (Å²) in [5.74, 6) is -0.533. The van der Waals surface area contributed by atoms with Crippen molar-refractivity contribution >= 4 is 27.3 Å². The first kappa shape index (κ1) is 19.5. The number of hydrogen-bond donors (Lipinski definition) is 2. The molecule has 0 spiro atoms. The van der Waals surface area contributed by atoms with Gasteiger partial charge in [-0.05, 0) is 19.4 Å². The number of hydrogen-bond acceptors (Lipinski definition) is 6. The van der Waals surface area contributed by atoms with Crippen molar-refractivity contribution in [2.75, 3.05) is 25.5 Å². The van der Waals surface area contributed by atoms with Gasteiger partial charge in [0.05, 0.1) is 19.0 Å². The maximum absolute atomic E-state index is 12.1. The predicted octanol–water partition coefficient (Wildman–Crippen LogP) is 1.46. The molecule has 0 saturated heterocycles. The summed E-state index contributed by atoms with van der Waals surface area (Å²) in [5.41, 5.74) is 3.66. The van der Waals surface area contributed by atoms with E-state index < -0.39 is 10.0 Å². The SMILES string of the molecule is Cc1ccc(-c2nc(C(=O)NCCOCCS(N)(=O)=O)cs2)c(C)c1. The average Bonchev–Trinajstić information content (AvgIpc) is 2.99. The van der Waals surface area contributed by atoms with Crippen molar-refractivity contribution in [2.24, 2.45) is 5.14 Å². The van der Waals surface area contributed by atoms with Crippen molar-refractivity contribution < 1.29 is 17.9 Å². The summed E-state index contributed by atoms with van der Waals surface area (Å²) < 4.78 is 26.6. The maximum Gasteiger partial charge on any atom is 0.270 e. The van der Waals surface area contributed by atoms with Crippen LogP contribution in [-0.4, -0.2) is 44.8 Å². The van der Waals surface area contributed by atoms with Gasteiger partial charge in [-0.2, -0.15) is 0 Å². The smallest absolute Gasteiger partial charge is 0.270 e. The molecule has 3 N–H and O–H groups in total. The van der Waals surface area contributed by atoms with Gasteiger partial charge < -0.3 is 10.1 Å². The van der Waals surface area contributed by atoms with Crippen molar-refractivity contribution in [1.29, 1.82) is 0 Å². The fraction of sp³-hybridized carbons (Fsp3) is 0.375. The molecule has 2 aromatic rings. The third-order valence-electron chi connectivity index (χ3n) is 3.39. The molecule has 0 bridgehead atoms. The molecular weight excluding hydrogens is 362 g/mol. The number of rotatable bonds is 8. The van der Waals surface area contributed by atoms with Crippen LogP contribution in [0.15, 0.2) is 23.6 Å². The number of nitrogens with two attached hydrogens (primary N) is 1. The zero-order chi connectivity index (χ0) is 18.4. The van der Waals surface area contributed by atoms with E-state index in [4.69, 9.17) is 9.88 Å². The molecule has 136 valence electrons. The maximum atomic E-state index is 12.1. The lowest BCUT2D eigenvalue weighted by atomic mass is 10.1. The number of aromatic nitrogens is 1. The quantitative estimate of drug-likeness (QED) is 0.671. The molecule has 0 radical (unpaired) electrons. The number of sulfonamides is 1. The van der Waals surface area contributed by atoms with Crippen LogP contribution in [0.3, 0.4) is 0 Å². The zero-order valence-corrected chi connectivity index (χ0v) is 15.7. The van der Waals surface area contributed by atoms with Crippen LogP contribution >= 0.6 is 11.3 Å². The van der Waals surface area contributed by atoms with E-state index in [-0.39, 0.29) is 31.4 Å². The van der Waals surface area contributed by atoms with E-state index in [1.54, 1.807) is 5.38 Å². The lowest BCUT2D eigenvalue weighted by Gasteiger charge is -2.05. The van der Waals surface area contributed by atoms with Gasteiger partial charge >= 0.3 is 0 Å². The Balaban J connectivity index is 1.84. The molecule has 2 rings (SSSR count). The molecular formula is C16H21N3O4S2. The Morgan fingerprint density at radius 3 is 2.76 bits per heavy atom.